The summed E-state index contributed by atoms with van der Waals surface area (Å²) in [5.74, 6) is -0.0239. The first-order valence-corrected chi connectivity index (χ1v) is 8.15. The second-order valence-electron chi connectivity index (χ2n) is 4.43. The molecule has 0 spiro atoms. The second-order valence-corrected chi connectivity index (χ2v) is 6.41. The Hall–Kier alpha value is -1.27. The molecule has 0 radical (unpaired) electrons. The number of nitrogens with zero attached hydrogens (tertiary/aromatic N) is 2. The predicted octanol–water partition coefficient (Wildman–Crippen LogP) is 3.82. The fourth-order valence-electron chi connectivity index (χ4n) is 1.75. The molecule has 1 aromatic carbocycles. The highest BCUT2D eigenvalue weighted by Gasteiger charge is 2.08. The van der Waals surface area contributed by atoms with Gasteiger partial charge >= 0.3 is 0 Å². The zero-order chi connectivity index (χ0) is 14.4. The molecule has 0 aliphatic carbocycles. The number of amides is 1. The first kappa shape index (κ1) is 15.1. The van der Waals surface area contributed by atoms with Crippen LogP contribution < -0.4 is 5.32 Å². The summed E-state index contributed by atoms with van der Waals surface area (Å²) in [7, 11) is 0. The molecule has 0 unspecified atom stereocenters. The number of benzene rings is 1. The lowest BCUT2D eigenvalue weighted by molar-refractivity contribution is -0.116. The predicted molar refractivity (Wildman–Crippen MR) is 85.0 cm³/mol. The van der Waals surface area contributed by atoms with Crippen LogP contribution in [-0.4, -0.2) is 16.1 Å². The molecule has 1 amide bonds. The average Bonchev–Trinajstić information content (AvgIpc) is 2.84. The van der Waals surface area contributed by atoms with E-state index in [-0.39, 0.29) is 5.91 Å². The molecule has 2 rings (SSSR count). The molecule has 1 aromatic heterocycles. The Morgan fingerprint density at radius 3 is 2.95 bits per heavy atom. The van der Waals surface area contributed by atoms with Crippen molar-refractivity contribution in [3.05, 3.63) is 39.3 Å². The standard InChI is InChI=1S/C14H16BrN3OS/c1-2-4-13-17-18-14(20-13)16-12(19)8-7-10-5-3-6-11(15)9-10/h3,5-6,9H,2,4,7-8H2,1H3,(H,16,18,19). The molecule has 0 aliphatic rings. The van der Waals surface area contributed by atoms with E-state index in [1.807, 2.05) is 24.3 Å². The summed E-state index contributed by atoms with van der Waals surface area (Å²) < 4.78 is 1.03. The molecule has 2 aromatic rings. The third kappa shape index (κ3) is 4.68. The molecular formula is C14H16BrN3OS. The van der Waals surface area contributed by atoms with Crippen molar-refractivity contribution in [2.45, 2.75) is 32.6 Å². The van der Waals surface area contributed by atoms with Gasteiger partial charge in [0.15, 0.2) is 0 Å². The van der Waals surface area contributed by atoms with Gasteiger partial charge < -0.3 is 5.32 Å². The van der Waals surface area contributed by atoms with Crippen molar-refractivity contribution in [2.75, 3.05) is 5.32 Å². The first-order chi connectivity index (χ1) is 9.67. The molecule has 0 bridgehead atoms. The molecule has 1 heterocycles. The SMILES string of the molecule is CCCc1nnc(NC(=O)CCc2cccc(Br)c2)s1. The summed E-state index contributed by atoms with van der Waals surface area (Å²) in [6.45, 7) is 2.09. The Morgan fingerprint density at radius 1 is 1.35 bits per heavy atom. The Morgan fingerprint density at radius 2 is 2.20 bits per heavy atom. The van der Waals surface area contributed by atoms with Crippen LogP contribution in [0.2, 0.25) is 0 Å². The summed E-state index contributed by atoms with van der Waals surface area (Å²) in [6, 6.07) is 7.99. The highest BCUT2D eigenvalue weighted by molar-refractivity contribution is 9.10. The normalized spacial score (nSPS) is 10.5. The number of hydrogen-bond acceptors (Lipinski definition) is 4. The lowest BCUT2D eigenvalue weighted by atomic mass is 10.1. The van der Waals surface area contributed by atoms with Gasteiger partial charge in [0.25, 0.3) is 0 Å². The van der Waals surface area contributed by atoms with Crippen LogP contribution in [0.5, 0.6) is 0 Å². The van der Waals surface area contributed by atoms with Gasteiger partial charge in [0.05, 0.1) is 0 Å². The third-order valence-electron chi connectivity index (χ3n) is 2.71. The smallest absolute Gasteiger partial charge is 0.226 e. The van der Waals surface area contributed by atoms with Gasteiger partial charge in [0.1, 0.15) is 5.01 Å². The Bertz CT molecular complexity index is 585. The number of aromatic nitrogens is 2. The Kier molecular flexibility index (Phi) is 5.67. The molecule has 0 aliphatic heterocycles. The Balaban J connectivity index is 1.82. The average molecular weight is 354 g/mol. The van der Waals surface area contributed by atoms with E-state index in [4.69, 9.17) is 0 Å². The minimum absolute atomic E-state index is 0.0239. The molecule has 0 atom stereocenters. The van der Waals surface area contributed by atoms with E-state index in [0.29, 0.717) is 18.0 Å². The van der Waals surface area contributed by atoms with Crippen LogP contribution in [0.3, 0.4) is 0 Å². The number of aryl methyl sites for hydroxylation is 2. The summed E-state index contributed by atoms with van der Waals surface area (Å²) in [5.41, 5.74) is 1.14. The van der Waals surface area contributed by atoms with Crippen LogP contribution >= 0.6 is 27.3 Å². The van der Waals surface area contributed by atoms with Crippen LogP contribution in [0.1, 0.15) is 30.3 Å². The zero-order valence-corrected chi connectivity index (χ0v) is 13.6. The van der Waals surface area contributed by atoms with Crippen molar-refractivity contribution in [3.63, 3.8) is 0 Å². The van der Waals surface area contributed by atoms with Gasteiger partial charge in [-0.3, -0.25) is 4.79 Å². The highest BCUT2D eigenvalue weighted by Crippen LogP contribution is 2.17. The third-order valence-corrected chi connectivity index (χ3v) is 4.10. The molecular weight excluding hydrogens is 338 g/mol. The van der Waals surface area contributed by atoms with Gasteiger partial charge in [0, 0.05) is 17.3 Å². The maximum atomic E-state index is 11.9. The van der Waals surface area contributed by atoms with Crippen LogP contribution in [0.15, 0.2) is 28.7 Å². The zero-order valence-electron chi connectivity index (χ0n) is 11.2. The minimum atomic E-state index is -0.0239. The molecule has 4 nitrogen and oxygen atoms in total. The monoisotopic (exact) mass is 353 g/mol. The fourth-order valence-corrected chi connectivity index (χ4v) is 3.06. The van der Waals surface area contributed by atoms with Crippen molar-refractivity contribution in [1.82, 2.24) is 10.2 Å². The largest absolute Gasteiger partial charge is 0.301 e. The van der Waals surface area contributed by atoms with E-state index in [1.165, 1.54) is 11.3 Å². The van der Waals surface area contributed by atoms with Crippen LogP contribution in [-0.2, 0) is 17.6 Å². The number of nitrogens with one attached hydrogen (secondary N) is 1. The van der Waals surface area contributed by atoms with E-state index in [9.17, 15) is 4.79 Å². The van der Waals surface area contributed by atoms with Gasteiger partial charge in [-0.05, 0) is 30.5 Å². The van der Waals surface area contributed by atoms with Gasteiger partial charge in [0.2, 0.25) is 11.0 Å². The number of hydrogen-bond donors (Lipinski definition) is 1. The van der Waals surface area contributed by atoms with Crippen molar-refractivity contribution in [1.29, 1.82) is 0 Å². The quantitative estimate of drug-likeness (QED) is 0.858. The molecule has 6 heteroatoms. The number of carbonyl (C=O) groups is 1. The Labute approximate surface area is 130 Å². The van der Waals surface area contributed by atoms with Crippen molar-refractivity contribution < 1.29 is 4.79 Å². The summed E-state index contributed by atoms with van der Waals surface area (Å²) >= 11 is 4.87. The van der Waals surface area contributed by atoms with Crippen molar-refractivity contribution in [2.24, 2.45) is 0 Å². The minimum Gasteiger partial charge on any atom is -0.301 e. The van der Waals surface area contributed by atoms with Gasteiger partial charge in [-0.1, -0.05) is 46.3 Å². The van der Waals surface area contributed by atoms with E-state index in [1.54, 1.807) is 0 Å². The van der Waals surface area contributed by atoms with E-state index >= 15 is 0 Å². The number of carbonyl (C=O) groups excluding carboxylic acids is 1. The number of halogens is 1. The van der Waals surface area contributed by atoms with E-state index < -0.39 is 0 Å². The fraction of sp³-hybridized carbons (Fsp3) is 0.357. The van der Waals surface area contributed by atoms with E-state index in [2.05, 4.69) is 38.4 Å². The maximum Gasteiger partial charge on any atom is 0.226 e. The number of rotatable bonds is 6. The van der Waals surface area contributed by atoms with Crippen molar-refractivity contribution in [3.8, 4) is 0 Å². The van der Waals surface area contributed by atoms with Gasteiger partial charge in [-0.2, -0.15) is 0 Å². The topological polar surface area (TPSA) is 54.9 Å². The summed E-state index contributed by atoms with van der Waals surface area (Å²) in [5, 5.41) is 12.4. The molecule has 0 saturated heterocycles. The summed E-state index contributed by atoms with van der Waals surface area (Å²) in [4.78, 5) is 11.9. The van der Waals surface area contributed by atoms with Crippen LogP contribution in [0, 0.1) is 0 Å². The molecule has 20 heavy (non-hydrogen) atoms. The molecule has 0 saturated carbocycles. The van der Waals surface area contributed by atoms with Gasteiger partial charge in [-0.15, -0.1) is 10.2 Å². The molecule has 106 valence electrons. The van der Waals surface area contributed by atoms with Crippen LogP contribution in [0.4, 0.5) is 5.13 Å². The summed E-state index contributed by atoms with van der Waals surface area (Å²) in [6.07, 6.45) is 3.10. The lowest BCUT2D eigenvalue weighted by Crippen LogP contribution is -2.12. The molecule has 1 N–H and O–H groups in total. The maximum absolute atomic E-state index is 11.9. The number of anilines is 1. The van der Waals surface area contributed by atoms with Crippen molar-refractivity contribution >= 4 is 38.3 Å². The first-order valence-electron chi connectivity index (χ1n) is 6.54. The molecule has 0 fully saturated rings. The second kappa shape index (κ2) is 7.50. The lowest BCUT2D eigenvalue weighted by Gasteiger charge is -2.02. The highest BCUT2D eigenvalue weighted by atomic mass is 79.9. The van der Waals surface area contributed by atoms with E-state index in [0.717, 1.165) is 27.9 Å². The van der Waals surface area contributed by atoms with Gasteiger partial charge in [-0.25, -0.2) is 0 Å². The van der Waals surface area contributed by atoms with Crippen LogP contribution in [0.25, 0.3) is 0 Å².